The van der Waals surface area contributed by atoms with Crippen LogP contribution in [0, 0.1) is 18.3 Å². The molecule has 0 saturated heterocycles. The van der Waals surface area contributed by atoms with E-state index in [0.717, 1.165) is 16.2 Å². The second-order valence-corrected chi connectivity index (χ2v) is 10.5. The molecule has 4 rings (SSSR count). The average molecular weight is 545 g/mol. The summed E-state index contributed by atoms with van der Waals surface area (Å²) < 4.78 is 5.12. The largest absolute Gasteiger partial charge is 0.459 e. The quantitative estimate of drug-likeness (QED) is 0.206. The molecule has 0 spiro atoms. The Bertz CT molecular complexity index is 1490. The molecule has 4 aromatic rings. The van der Waals surface area contributed by atoms with Gasteiger partial charge < -0.3 is 20.4 Å². The maximum absolute atomic E-state index is 13.2. The number of para-hydroxylation sites is 1. The third-order valence-corrected chi connectivity index (χ3v) is 8.08. The standard InChI is InChI=1S/C28H24N4O4S2/c1-3-23(37-20-12-7-11-19(15-20)31-25(33)22-13-8-14-36-22)26(34)32-28-21(16-29)17(2)24(38-28)27(35)30-18-9-5-4-6-10-18/h4-15,23H,3H2,1-2H3,(H,30,35)(H,31,33)(H,32,34). The van der Waals surface area contributed by atoms with E-state index >= 15 is 0 Å². The van der Waals surface area contributed by atoms with E-state index in [4.69, 9.17) is 4.42 Å². The Hall–Kier alpha value is -4.33. The summed E-state index contributed by atoms with van der Waals surface area (Å²) in [4.78, 5) is 39.5. The summed E-state index contributed by atoms with van der Waals surface area (Å²) >= 11 is 2.42. The normalized spacial score (nSPS) is 11.3. The Morgan fingerprint density at radius 3 is 2.39 bits per heavy atom. The predicted octanol–water partition coefficient (Wildman–Crippen LogP) is 6.54. The minimum atomic E-state index is -0.471. The van der Waals surface area contributed by atoms with Crippen LogP contribution in [0.2, 0.25) is 0 Å². The number of carbonyl (C=O) groups excluding carboxylic acids is 3. The van der Waals surface area contributed by atoms with Gasteiger partial charge in [-0.3, -0.25) is 14.4 Å². The highest BCUT2D eigenvalue weighted by atomic mass is 32.2. The number of amides is 3. The van der Waals surface area contributed by atoms with Crippen molar-refractivity contribution < 1.29 is 18.8 Å². The van der Waals surface area contributed by atoms with Gasteiger partial charge >= 0.3 is 0 Å². The van der Waals surface area contributed by atoms with Crippen LogP contribution >= 0.6 is 23.1 Å². The lowest BCUT2D eigenvalue weighted by Gasteiger charge is -2.15. The molecular weight excluding hydrogens is 520 g/mol. The molecule has 3 N–H and O–H groups in total. The zero-order valence-electron chi connectivity index (χ0n) is 20.6. The smallest absolute Gasteiger partial charge is 0.291 e. The maximum atomic E-state index is 13.2. The van der Waals surface area contributed by atoms with Crippen molar-refractivity contribution in [3.8, 4) is 6.07 Å². The molecule has 192 valence electrons. The fourth-order valence-corrected chi connectivity index (χ4v) is 5.66. The highest BCUT2D eigenvalue weighted by molar-refractivity contribution is 8.00. The SMILES string of the molecule is CCC(Sc1cccc(NC(=O)c2ccco2)c1)C(=O)Nc1sc(C(=O)Nc2ccccc2)c(C)c1C#N. The lowest BCUT2D eigenvalue weighted by Crippen LogP contribution is -2.24. The minimum absolute atomic E-state index is 0.199. The van der Waals surface area contributed by atoms with Crippen LogP contribution in [-0.4, -0.2) is 23.0 Å². The molecule has 0 aliphatic carbocycles. The van der Waals surface area contributed by atoms with Gasteiger partial charge in [-0.25, -0.2) is 0 Å². The predicted molar refractivity (Wildman–Crippen MR) is 150 cm³/mol. The molecule has 0 bridgehead atoms. The molecule has 3 amide bonds. The fraction of sp³-hybridized carbons (Fsp3) is 0.143. The fourth-order valence-electron chi connectivity index (χ4n) is 3.59. The van der Waals surface area contributed by atoms with E-state index in [9.17, 15) is 19.6 Å². The first kappa shape index (κ1) is 26.7. The van der Waals surface area contributed by atoms with E-state index in [1.54, 1.807) is 49.4 Å². The number of benzene rings is 2. The molecule has 0 aliphatic heterocycles. The van der Waals surface area contributed by atoms with Crippen LogP contribution in [-0.2, 0) is 4.79 Å². The summed E-state index contributed by atoms with van der Waals surface area (Å²) in [5, 5.41) is 18.0. The third kappa shape index (κ3) is 6.32. The van der Waals surface area contributed by atoms with Crippen LogP contribution in [0.5, 0.6) is 0 Å². The van der Waals surface area contributed by atoms with Gasteiger partial charge in [-0.2, -0.15) is 5.26 Å². The van der Waals surface area contributed by atoms with E-state index < -0.39 is 5.25 Å². The highest BCUT2D eigenvalue weighted by Crippen LogP contribution is 2.35. The zero-order chi connectivity index (χ0) is 27.1. The summed E-state index contributed by atoms with van der Waals surface area (Å²) in [6, 6.07) is 21.5. The number of hydrogen-bond donors (Lipinski definition) is 3. The summed E-state index contributed by atoms with van der Waals surface area (Å²) in [6.07, 6.45) is 1.95. The van der Waals surface area contributed by atoms with Gasteiger partial charge in [0, 0.05) is 16.3 Å². The van der Waals surface area contributed by atoms with Gasteiger partial charge in [0.05, 0.1) is 22.0 Å². The van der Waals surface area contributed by atoms with Gasteiger partial charge in [0.2, 0.25) is 5.91 Å². The van der Waals surface area contributed by atoms with E-state index in [1.165, 1.54) is 18.0 Å². The molecule has 2 heterocycles. The number of hydrogen-bond acceptors (Lipinski definition) is 7. The van der Waals surface area contributed by atoms with Gasteiger partial charge in [0.25, 0.3) is 11.8 Å². The topological polar surface area (TPSA) is 124 Å². The van der Waals surface area contributed by atoms with Crippen LogP contribution in [0.3, 0.4) is 0 Å². The second kappa shape index (κ2) is 12.3. The Morgan fingerprint density at radius 1 is 0.974 bits per heavy atom. The van der Waals surface area contributed by atoms with Crippen molar-refractivity contribution in [3.05, 3.63) is 94.8 Å². The molecule has 0 fully saturated rings. The van der Waals surface area contributed by atoms with Crippen LogP contribution in [0.4, 0.5) is 16.4 Å². The molecule has 8 nitrogen and oxygen atoms in total. The van der Waals surface area contributed by atoms with E-state index in [0.29, 0.717) is 33.2 Å². The van der Waals surface area contributed by atoms with Gasteiger partial charge in [0.1, 0.15) is 11.1 Å². The molecule has 10 heteroatoms. The number of anilines is 3. The molecule has 38 heavy (non-hydrogen) atoms. The monoisotopic (exact) mass is 544 g/mol. The van der Waals surface area contributed by atoms with E-state index in [1.807, 2.05) is 31.2 Å². The lowest BCUT2D eigenvalue weighted by atomic mass is 10.1. The summed E-state index contributed by atoms with van der Waals surface area (Å²) in [5.74, 6) is -0.794. The summed E-state index contributed by atoms with van der Waals surface area (Å²) in [7, 11) is 0. The number of rotatable bonds is 9. The molecule has 0 radical (unpaired) electrons. The molecular formula is C28H24N4O4S2. The number of nitriles is 1. The van der Waals surface area contributed by atoms with Crippen molar-refractivity contribution in [2.75, 3.05) is 16.0 Å². The number of furan rings is 1. The number of nitrogens with zero attached hydrogens (tertiary/aromatic N) is 1. The number of carbonyl (C=O) groups is 3. The second-order valence-electron chi connectivity index (χ2n) is 8.16. The van der Waals surface area contributed by atoms with Crippen molar-refractivity contribution in [1.82, 2.24) is 0 Å². The highest BCUT2D eigenvalue weighted by Gasteiger charge is 2.25. The van der Waals surface area contributed by atoms with Gasteiger partial charge in [-0.15, -0.1) is 23.1 Å². The van der Waals surface area contributed by atoms with Crippen LogP contribution in [0.1, 0.15) is 44.7 Å². The number of nitrogens with one attached hydrogen (secondary N) is 3. The maximum Gasteiger partial charge on any atom is 0.291 e. The van der Waals surface area contributed by atoms with Crippen molar-refractivity contribution in [3.63, 3.8) is 0 Å². The van der Waals surface area contributed by atoms with Crippen LogP contribution < -0.4 is 16.0 Å². The first-order chi connectivity index (χ1) is 18.4. The molecule has 0 aliphatic rings. The van der Waals surface area contributed by atoms with Gasteiger partial charge in [0.15, 0.2) is 5.76 Å². The Balaban J connectivity index is 1.46. The first-order valence-corrected chi connectivity index (χ1v) is 13.4. The van der Waals surface area contributed by atoms with Gasteiger partial charge in [-0.1, -0.05) is 31.2 Å². The molecule has 0 saturated carbocycles. The number of thiophene rings is 1. The van der Waals surface area contributed by atoms with E-state index in [-0.39, 0.29) is 29.0 Å². The summed E-state index contributed by atoms with van der Waals surface area (Å²) in [6.45, 7) is 3.59. The van der Waals surface area contributed by atoms with E-state index in [2.05, 4.69) is 22.0 Å². The van der Waals surface area contributed by atoms with Crippen LogP contribution in [0.15, 0.2) is 82.3 Å². The molecule has 1 atom stereocenters. The molecule has 1 unspecified atom stereocenters. The molecule has 2 aromatic carbocycles. The minimum Gasteiger partial charge on any atom is -0.459 e. The van der Waals surface area contributed by atoms with Crippen LogP contribution in [0.25, 0.3) is 0 Å². The summed E-state index contributed by atoms with van der Waals surface area (Å²) in [5.41, 5.74) is 1.99. The van der Waals surface area contributed by atoms with Crippen molar-refractivity contribution in [2.24, 2.45) is 0 Å². The first-order valence-electron chi connectivity index (χ1n) is 11.7. The van der Waals surface area contributed by atoms with Crippen molar-refractivity contribution in [2.45, 2.75) is 30.4 Å². The lowest BCUT2D eigenvalue weighted by molar-refractivity contribution is -0.115. The Morgan fingerprint density at radius 2 is 1.71 bits per heavy atom. The average Bonchev–Trinajstić information content (AvgIpc) is 3.56. The van der Waals surface area contributed by atoms with Gasteiger partial charge in [-0.05, 0) is 61.4 Å². The molecule has 2 aromatic heterocycles. The van der Waals surface area contributed by atoms with Crippen molar-refractivity contribution in [1.29, 1.82) is 5.26 Å². The zero-order valence-corrected chi connectivity index (χ0v) is 22.2. The number of thioether (sulfide) groups is 1. The Kier molecular flexibility index (Phi) is 8.63. The Labute approximate surface area is 228 Å². The third-order valence-electron chi connectivity index (χ3n) is 5.51. The van der Waals surface area contributed by atoms with Crippen molar-refractivity contribution >= 4 is 57.2 Å².